The van der Waals surface area contributed by atoms with Crippen LogP contribution < -0.4 is 5.32 Å². The Bertz CT molecular complexity index is 292. The van der Waals surface area contributed by atoms with Crippen LogP contribution in [-0.2, 0) is 0 Å². The fourth-order valence-corrected chi connectivity index (χ4v) is 4.19. The summed E-state index contributed by atoms with van der Waals surface area (Å²) in [6.07, 6.45) is 10.4. The lowest BCUT2D eigenvalue weighted by atomic mass is 9.97. The Balaban J connectivity index is 1.27. The maximum Gasteiger partial charge on any atom is 0.0210 e. The number of likely N-dealkylation sites (tertiary alicyclic amines) is 1. The van der Waals surface area contributed by atoms with Crippen molar-refractivity contribution >= 4 is 0 Å². The van der Waals surface area contributed by atoms with E-state index in [-0.39, 0.29) is 0 Å². The van der Waals surface area contributed by atoms with Gasteiger partial charge in [0.05, 0.1) is 0 Å². The first-order valence-electron chi connectivity index (χ1n) is 8.30. The Hall–Kier alpha value is -0.0800. The Morgan fingerprint density at radius 2 is 1.72 bits per heavy atom. The molecule has 18 heavy (non-hydrogen) atoms. The zero-order chi connectivity index (χ0) is 12.1. The Morgan fingerprint density at radius 3 is 2.28 bits per heavy atom. The van der Waals surface area contributed by atoms with Crippen LogP contribution in [0.4, 0.5) is 0 Å². The molecule has 4 rings (SSSR count). The first-order chi connectivity index (χ1) is 8.81. The number of nitrogens with zero attached hydrogens (tertiary/aromatic N) is 1. The van der Waals surface area contributed by atoms with Gasteiger partial charge in [-0.25, -0.2) is 0 Å². The Morgan fingerprint density at radius 1 is 1.06 bits per heavy atom. The van der Waals surface area contributed by atoms with Crippen LogP contribution in [0.3, 0.4) is 0 Å². The monoisotopic (exact) mass is 248 g/mol. The maximum absolute atomic E-state index is 3.93. The van der Waals surface area contributed by atoms with E-state index in [0.717, 1.165) is 35.9 Å². The number of hydrogen-bond donors (Lipinski definition) is 1. The zero-order valence-corrected chi connectivity index (χ0v) is 11.8. The van der Waals surface area contributed by atoms with Crippen molar-refractivity contribution in [2.75, 3.05) is 13.1 Å². The number of hydrogen-bond acceptors (Lipinski definition) is 2. The van der Waals surface area contributed by atoms with Crippen molar-refractivity contribution in [3.05, 3.63) is 0 Å². The normalized spacial score (nSPS) is 37.7. The summed E-state index contributed by atoms with van der Waals surface area (Å²) in [7, 11) is 0. The van der Waals surface area contributed by atoms with Crippen molar-refractivity contribution < 1.29 is 0 Å². The molecule has 3 saturated carbocycles. The average molecular weight is 248 g/mol. The summed E-state index contributed by atoms with van der Waals surface area (Å²) in [5.41, 5.74) is 0. The minimum absolute atomic E-state index is 0.792. The highest BCUT2D eigenvalue weighted by Gasteiger charge is 2.42. The van der Waals surface area contributed by atoms with Crippen molar-refractivity contribution in [2.24, 2.45) is 17.8 Å². The van der Waals surface area contributed by atoms with E-state index in [0.29, 0.717) is 0 Å². The summed E-state index contributed by atoms with van der Waals surface area (Å²) in [5, 5.41) is 3.93. The highest BCUT2D eigenvalue weighted by molar-refractivity contribution is 4.97. The molecule has 1 aliphatic heterocycles. The standard InChI is InChI=1S/C16H28N2/c1-11-8-14(10-18(11)15-6-7-15)17-9-16(12-2-3-12)13-4-5-13/h11-17H,2-10H2,1H3. The highest BCUT2D eigenvalue weighted by atomic mass is 15.3. The zero-order valence-electron chi connectivity index (χ0n) is 11.8. The van der Waals surface area contributed by atoms with E-state index in [1.54, 1.807) is 0 Å². The summed E-state index contributed by atoms with van der Waals surface area (Å²) in [5.74, 6) is 3.24. The topological polar surface area (TPSA) is 15.3 Å². The van der Waals surface area contributed by atoms with Crippen LogP contribution in [-0.4, -0.2) is 36.1 Å². The molecule has 2 unspecified atom stereocenters. The van der Waals surface area contributed by atoms with Gasteiger partial charge in [-0.3, -0.25) is 4.90 Å². The van der Waals surface area contributed by atoms with Crippen LogP contribution in [0.15, 0.2) is 0 Å². The fourth-order valence-electron chi connectivity index (χ4n) is 4.19. The van der Waals surface area contributed by atoms with Crippen LogP contribution in [0.2, 0.25) is 0 Å². The molecule has 2 atom stereocenters. The van der Waals surface area contributed by atoms with Gasteiger partial charge in [-0.2, -0.15) is 0 Å². The number of rotatable bonds is 6. The van der Waals surface area contributed by atoms with Crippen LogP contribution >= 0.6 is 0 Å². The van der Waals surface area contributed by atoms with Gasteiger partial charge in [0.2, 0.25) is 0 Å². The van der Waals surface area contributed by atoms with E-state index >= 15 is 0 Å². The maximum atomic E-state index is 3.93. The van der Waals surface area contributed by atoms with E-state index in [1.807, 2.05) is 0 Å². The van der Waals surface area contributed by atoms with E-state index in [1.165, 1.54) is 58.0 Å². The SMILES string of the molecule is CC1CC(NCC(C2CC2)C2CC2)CN1C1CC1. The molecule has 0 amide bonds. The largest absolute Gasteiger partial charge is 0.312 e. The Kier molecular flexibility index (Phi) is 2.92. The molecule has 3 aliphatic carbocycles. The molecule has 0 aromatic heterocycles. The van der Waals surface area contributed by atoms with E-state index in [9.17, 15) is 0 Å². The lowest BCUT2D eigenvalue weighted by molar-refractivity contribution is 0.253. The molecule has 1 heterocycles. The molecule has 0 bridgehead atoms. The number of nitrogens with one attached hydrogen (secondary N) is 1. The van der Waals surface area contributed by atoms with Gasteiger partial charge in [-0.1, -0.05) is 0 Å². The predicted octanol–water partition coefficient (Wildman–Crippen LogP) is 2.64. The molecule has 4 fully saturated rings. The van der Waals surface area contributed by atoms with Gasteiger partial charge in [0, 0.05) is 24.7 Å². The van der Waals surface area contributed by atoms with Crippen molar-refractivity contribution in [3.63, 3.8) is 0 Å². The van der Waals surface area contributed by atoms with Crippen molar-refractivity contribution in [2.45, 2.75) is 70.0 Å². The van der Waals surface area contributed by atoms with E-state index in [4.69, 9.17) is 0 Å². The molecule has 1 N–H and O–H groups in total. The van der Waals surface area contributed by atoms with Gasteiger partial charge in [0.25, 0.3) is 0 Å². The van der Waals surface area contributed by atoms with Gasteiger partial charge in [-0.15, -0.1) is 0 Å². The van der Waals surface area contributed by atoms with Gasteiger partial charge in [0.1, 0.15) is 0 Å². The summed E-state index contributed by atoms with van der Waals surface area (Å²) >= 11 is 0. The molecule has 2 heteroatoms. The molecule has 0 aromatic carbocycles. The third kappa shape index (κ3) is 2.46. The third-order valence-electron chi connectivity index (χ3n) is 5.74. The highest BCUT2D eigenvalue weighted by Crippen LogP contribution is 2.49. The smallest absolute Gasteiger partial charge is 0.0210 e. The molecule has 0 radical (unpaired) electrons. The summed E-state index contributed by atoms with van der Waals surface area (Å²) < 4.78 is 0. The molecule has 4 aliphatic rings. The van der Waals surface area contributed by atoms with E-state index < -0.39 is 0 Å². The summed E-state index contributed by atoms with van der Waals surface area (Å²) in [6, 6.07) is 2.57. The molecular formula is C16H28N2. The first-order valence-corrected chi connectivity index (χ1v) is 8.30. The van der Waals surface area contributed by atoms with Crippen LogP contribution in [0, 0.1) is 17.8 Å². The van der Waals surface area contributed by atoms with Crippen molar-refractivity contribution in [1.82, 2.24) is 10.2 Å². The van der Waals surface area contributed by atoms with Gasteiger partial charge in [-0.05, 0) is 76.2 Å². The second kappa shape index (κ2) is 4.49. The van der Waals surface area contributed by atoms with Gasteiger partial charge in [0.15, 0.2) is 0 Å². The molecule has 0 aromatic rings. The van der Waals surface area contributed by atoms with Gasteiger partial charge >= 0.3 is 0 Å². The Labute approximate surface area is 111 Å². The molecule has 1 saturated heterocycles. The van der Waals surface area contributed by atoms with Gasteiger partial charge < -0.3 is 5.32 Å². The van der Waals surface area contributed by atoms with Crippen LogP contribution in [0.25, 0.3) is 0 Å². The lowest BCUT2D eigenvalue weighted by Gasteiger charge is -2.21. The quantitative estimate of drug-likeness (QED) is 0.777. The second-order valence-electron chi connectivity index (χ2n) is 7.46. The van der Waals surface area contributed by atoms with E-state index in [2.05, 4.69) is 17.1 Å². The third-order valence-corrected chi connectivity index (χ3v) is 5.74. The van der Waals surface area contributed by atoms with Crippen molar-refractivity contribution in [3.8, 4) is 0 Å². The molecule has 0 spiro atoms. The van der Waals surface area contributed by atoms with Crippen LogP contribution in [0.1, 0.15) is 51.9 Å². The summed E-state index contributed by atoms with van der Waals surface area (Å²) in [4.78, 5) is 2.76. The average Bonchev–Trinajstić information content (AvgIpc) is 3.23. The predicted molar refractivity (Wildman–Crippen MR) is 74.5 cm³/mol. The lowest BCUT2D eigenvalue weighted by Crippen LogP contribution is -2.37. The molecular weight excluding hydrogens is 220 g/mol. The van der Waals surface area contributed by atoms with Crippen LogP contribution in [0.5, 0.6) is 0 Å². The minimum atomic E-state index is 0.792. The molecule has 2 nitrogen and oxygen atoms in total. The first kappa shape index (κ1) is 11.7. The fraction of sp³-hybridized carbons (Fsp3) is 1.00. The minimum Gasteiger partial charge on any atom is -0.312 e. The summed E-state index contributed by atoms with van der Waals surface area (Å²) in [6.45, 7) is 5.08. The van der Waals surface area contributed by atoms with Crippen molar-refractivity contribution in [1.29, 1.82) is 0 Å². The second-order valence-corrected chi connectivity index (χ2v) is 7.46. The molecule has 102 valence electrons.